The van der Waals surface area contributed by atoms with Crippen molar-refractivity contribution in [3.05, 3.63) is 18.1 Å². The minimum atomic E-state index is 0.116. The molecule has 0 unspecified atom stereocenters. The van der Waals surface area contributed by atoms with Crippen molar-refractivity contribution in [2.24, 2.45) is 0 Å². The van der Waals surface area contributed by atoms with Crippen LogP contribution in [0.5, 0.6) is 0 Å². The van der Waals surface area contributed by atoms with E-state index in [0.29, 0.717) is 6.54 Å². The van der Waals surface area contributed by atoms with Gasteiger partial charge in [-0.25, -0.2) is 0 Å². The molecule has 0 saturated carbocycles. The Morgan fingerprint density at radius 3 is 2.82 bits per heavy atom. The summed E-state index contributed by atoms with van der Waals surface area (Å²) in [4.78, 5) is 10.6. The van der Waals surface area contributed by atoms with Gasteiger partial charge in [0.25, 0.3) is 0 Å². The zero-order chi connectivity index (χ0) is 8.27. The van der Waals surface area contributed by atoms with E-state index in [4.69, 9.17) is 4.42 Å². The van der Waals surface area contributed by atoms with Crippen molar-refractivity contribution >= 4 is 11.5 Å². The molecule has 0 amide bonds. The highest BCUT2D eigenvalue weighted by atomic mass is 16.3. The predicted molar refractivity (Wildman–Crippen MR) is 42.6 cm³/mol. The van der Waals surface area contributed by atoms with Gasteiger partial charge in [-0.15, -0.1) is 0 Å². The van der Waals surface area contributed by atoms with Crippen LogP contribution in [0.4, 0.5) is 5.69 Å². The standard InChI is InChI=1S/C8H11NO2/c1-6-4-11-5-8(6)9-3-7(2)10/h4-5,9H,3H2,1-2H3. The molecule has 3 nitrogen and oxygen atoms in total. The van der Waals surface area contributed by atoms with E-state index in [1.165, 1.54) is 0 Å². The van der Waals surface area contributed by atoms with E-state index < -0.39 is 0 Å². The Bertz CT molecular complexity index is 252. The van der Waals surface area contributed by atoms with E-state index in [-0.39, 0.29) is 5.78 Å². The van der Waals surface area contributed by atoms with Crippen LogP contribution in [-0.2, 0) is 4.79 Å². The molecule has 0 fully saturated rings. The van der Waals surface area contributed by atoms with Gasteiger partial charge in [0.1, 0.15) is 12.0 Å². The van der Waals surface area contributed by atoms with E-state index in [1.807, 2.05) is 6.92 Å². The molecule has 0 bridgehead atoms. The molecule has 11 heavy (non-hydrogen) atoms. The fourth-order valence-electron chi connectivity index (χ4n) is 0.761. The molecule has 0 radical (unpaired) electrons. The zero-order valence-electron chi connectivity index (χ0n) is 6.68. The number of Topliss-reactive ketones (excluding diaryl/α,β-unsaturated/α-hetero) is 1. The van der Waals surface area contributed by atoms with Gasteiger partial charge in [-0.1, -0.05) is 0 Å². The average molecular weight is 153 g/mol. The molecule has 0 aliphatic rings. The Balaban J connectivity index is 2.51. The molecule has 0 atom stereocenters. The summed E-state index contributed by atoms with van der Waals surface area (Å²) in [5, 5.41) is 2.95. The second kappa shape index (κ2) is 3.23. The molecule has 1 aromatic rings. The van der Waals surface area contributed by atoms with Gasteiger partial charge >= 0.3 is 0 Å². The highest BCUT2D eigenvalue weighted by Crippen LogP contribution is 2.13. The third kappa shape index (κ3) is 2.11. The highest BCUT2D eigenvalue weighted by Gasteiger charge is 1.99. The smallest absolute Gasteiger partial charge is 0.148 e. The maximum atomic E-state index is 10.6. The number of rotatable bonds is 3. The van der Waals surface area contributed by atoms with Gasteiger partial charge in [0.2, 0.25) is 0 Å². The van der Waals surface area contributed by atoms with Crippen molar-refractivity contribution in [2.45, 2.75) is 13.8 Å². The average Bonchev–Trinajstić information content (AvgIpc) is 2.31. The lowest BCUT2D eigenvalue weighted by atomic mass is 10.3. The van der Waals surface area contributed by atoms with Crippen LogP contribution in [-0.4, -0.2) is 12.3 Å². The summed E-state index contributed by atoms with van der Waals surface area (Å²) in [5.74, 6) is 0.116. The van der Waals surface area contributed by atoms with Crippen molar-refractivity contribution in [1.29, 1.82) is 0 Å². The third-order valence-electron chi connectivity index (χ3n) is 1.38. The minimum Gasteiger partial charge on any atom is -0.470 e. The monoisotopic (exact) mass is 153 g/mol. The molecule has 0 spiro atoms. The molecule has 1 rings (SSSR count). The molecule has 0 aliphatic carbocycles. The normalized spacial score (nSPS) is 9.64. The molecule has 3 heteroatoms. The number of ketones is 1. The number of furan rings is 1. The summed E-state index contributed by atoms with van der Waals surface area (Å²) in [7, 11) is 0. The number of carbonyl (C=O) groups is 1. The number of nitrogens with one attached hydrogen (secondary N) is 1. The number of carbonyl (C=O) groups excluding carboxylic acids is 1. The van der Waals surface area contributed by atoms with Crippen molar-refractivity contribution in [3.8, 4) is 0 Å². The molecular weight excluding hydrogens is 142 g/mol. The summed E-state index contributed by atoms with van der Waals surface area (Å²) >= 11 is 0. The molecule has 0 aliphatic heterocycles. The van der Waals surface area contributed by atoms with Gasteiger partial charge < -0.3 is 9.73 Å². The first-order chi connectivity index (χ1) is 5.20. The fraction of sp³-hybridized carbons (Fsp3) is 0.375. The van der Waals surface area contributed by atoms with Crippen LogP contribution in [0.25, 0.3) is 0 Å². The van der Waals surface area contributed by atoms with Crippen LogP contribution in [0, 0.1) is 6.92 Å². The van der Waals surface area contributed by atoms with Crippen molar-refractivity contribution < 1.29 is 9.21 Å². The lowest BCUT2D eigenvalue weighted by molar-refractivity contribution is -0.115. The number of hydrogen-bond acceptors (Lipinski definition) is 3. The van der Waals surface area contributed by atoms with Gasteiger partial charge in [-0.3, -0.25) is 4.79 Å². The Morgan fingerprint density at radius 2 is 2.36 bits per heavy atom. The number of hydrogen-bond donors (Lipinski definition) is 1. The fourth-order valence-corrected chi connectivity index (χ4v) is 0.761. The van der Waals surface area contributed by atoms with Crippen LogP contribution in [0.15, 0.2) is 16.9 Å². The van der Waals surface area contributed by atoms with E-state index in [2.05, 4.69) is 5.32 Å². The molecule has 1 N–H and O–H groups in total. The lowest BCUT2D eigenvalue weighted by Crippen LogP contribution is -2.09. The Morgan fingerprint density at radius 1 is 1.64 bits per heavy atom. The van der Waals surface area contributed by atoms with Crippen molar-refractivity contribution in [3.63, 3.8) is 0 Å². The van der Waals surface area contributed by atoms with E-state index in [9.17, 15) is 4.79 Å². The molecular formula is C8H11NO2. The predicted octanol–water partition coefficient (Wildman–Crippen LogP) is 1.59. The lowest BCUT2D eigenvalue weighted by Gasteiger charge is -1.99. The molecule has 1 heterocycles. The summed E-state index contributed by atoms with van der Waals surface area (Å²) in [5.41, 5.74) is 1.91. The van der Waals surface area contributed by atoms with E-state index in [0.717, 1.165) is 11.3 Å². The summed E-state index contributed by atoms with van der Waals surface area (Å²) in [6.45, 7) is 3.83. The van der Waals surface area contributed by atoms with Crippen LogP contribution in [0.1, 0.15) is 12.5 Å². The Hall–Kier alpha value is -1.25. The maximum Gasteiger partial charge on any atom is 0.148 e. The first kappa shape index (κ1) is 7.85. The number of anilines is 1. The van der Waals surface area contributed by atoms with Gasteiger partial charge in [0.15, 0.2) is 0 Å². The molecule has 0 aromatic carbocycles. The SMILES string of the molecule is CC(=O)CNc1cocc1C. The third-order valence-corrected chi connectivity index (χ3v) is 1.38. The van der Waals surface area contributed by atoms with Gasteiger partial charge in [-0.2, -0.15) is 0 Å². The van der Waals surface area contributed by atoms with Crippen LogP contribution < -0.4 is 5.32 Å². The minimum absolute atomic E-state index is 0.116. The van der Waals surface area contributed by atoms with Gasteiger partial charge in [0.05, 0.1) is 18.5 Å². The van der Waals surface area contributed by atoms with Crippen molar-refractivity contribution in [2.75, 3.05) is 11.9 Å². The Labute approximate surface area is 65.4 Å². The highest BCUT2D eigenvalue weighted by molar-refractivity contribution is 5.80. The van der Waals surface area contributed by atoms with Crippen LogP contribution in [0.3, 0.4) is 0 Å². The topological polar surface area (TPSA) is 42.2 Å². The maximum absolute atomic E-state index is 10.6. The quantitative estimate of drug-likeness (QED) is 0.717. The summed E-state index contributed by atoms with van der Waals surface area (Å²) in [6.07, 6.45) is 3.24. The summed E-state index contributed by atoms with van der Waals surface area (Å²) < 4.78 is 4.90. The Kier molecular flexibility index (Phi) is 2.31. The zero-order valence-corrected chi connectivity index (χ0v) is 6.68. The molecule has 60 valence electrons. The van der Waals surface area contributed by atoms with Crippen LogP contribution in [0.2, 0.25) is 0 Å². The molecule has 1 aromatic heterocycles. The molecule has 0 saturated heterocycles. The van der Waals surface area contributed by atoms with Crippen molar-refractivity contribution in [1.82, 2.24) is 0 Å². The summed E-state index contributed by atoms with van der Waals surface area (Å²) in [6, 6.07) is 0. The largest absolute Gasteiger partial charge is 0.470 e. The van der Waals surface area contributed by atoms with E-state index in [1.54, 1.807) is 19.5 Å². The number of aryl methyl sites for hydroxylation is 1. The first-order valence-electron chi connectivity index (χ1n) is 3.46. The van der Waals surface area contributed by atoms with Gasteiger partial charge in [-0.05, 0) is 13.8 Å². The van der Waals surface area contributed by atoms with E-state index >= 15 is 0 Å². The van der Waals surface area contributed by atoms with Gasteiger partial charge in [0, 0.05) is 5.56 Å². The van der Waals surface area contributed by atoms with Crippen LogP contribution >= 0.6 is 0 Å². The first-order valence-corrected chi connectivity index (χ1v) is 3.46. The second-order valence-corrected chi connectivity index (χ2v) is 2.52. The second-order valence-electron chi connectivity index (χ2n) is 2.52.